The van der Waals surface area contributed by atoms with Gasteiger partial charge in [-0.05, 0) is 36.8 Å². The van der Waals surface area contributed by atoms with Crippen LogP contribution in [0.15, 0.2) is 60.7 Å². The Morgan fingerprint density at radius 3 is 1.67 bits per heavy atom. The van der Waals surface area contributed by atoms with Crippen molar-refractivity contribution in [2.24, 2.45) is 0 Å². The zero-order chi connectivity index (χ0) is 14.8. The van der Waals surface area contributed by atoms with Crippen molar-refractivity contribution in [3.8, 4) is 0 Å². The molecule has 0 amide bonds. The summed E-state index contributed by atoms with van der Waals surface area (Å²) in [5.74, 6) is 0.326. The molecular weight excluding hydrogens is 280 g/mol. The SMILES string of the molecule is O=S1(=O)CCCC1(Cc1ccccc1)Cc1ccccc1. The van der Waals surface area contributed by atoms with Crippen molar-refractivity contribution in [1.29, 1.82) is 0 Å². The molecule has 2 nitrogen and oxygen atoms in total. The first kappa shape index (κ1) is 14.3. The Hall–Kier alpha value is -1.61. The fraction of sp³-hybridized carbons (Fsp3) is 0.333. The second-order valence-corrected chi connectivity index (χ2v) is 8.43. The highest BCUT2D eigenvalue weighted by molar-refractivity contribution is 7.93. The lowest BCUT2D eigenvalue weighted by Crippen LogP contribution is -2.39. The maximum atomic E-state index is 12.7. The molecule has 1 aliphatic rings. The molecule has 0 atom stereocenters. The van der Waals surface area contributed by atoms with Gasteiger partial charge in [-0.25, -0.2) is 8.42 Å². The largest absolute Gasteiger partial charge is 0.228 e. The molecule has 1 fully saturated rings. The van der Waals surface area contributed by atoms with E-state index in [1.807, 2.05) is 60.7 Å². The summed E-state index contributed by atoms with van der Waals surface area (Å²) in [6, 6.07) is 20.0. The molecular formula is C18H20O2S. The van der Waals surface area contributed by atoms with Crippen molar-refractivity contribution < 1.29 is 8.42 Å². The minimum Gasteiger partial charge on any atom is -0.228 e. The minimum absolute atomic E-state index is 0.326. The van der Waals surface area contributed by atoms with Crippen molar-refractivity contribution in [1.82, 2.24) is 0 Å². The second kappa shape index (κ2) is 5.64. The van der Waals surface area contributed by atoms with Crippen LogP contribution in [0.2, 0.25) is 0 Å². The van der Waals surface area contributed by atoms with Gasteiger partial charge in [-0.2, -0.15) is 0 Å². The van der Waals surface area contributed by atoms with Crippen LogP contribution in [0, 0.1) is 0 Å². The van der Waals surface area contributed by atoms with Crippen LogP contribution in [-0.4, -0.2) is 18.9 Å². The second-order valence-electron chi connectivity index (χ2n) is 5.93. The van der Waals surface area contributed by atoms with Crippen LogP contribution in [0.4, 0.5) is 0 Å². The molecule has 21 heavy (non-hydrogen) atoms. The van der Waals surface area contributed by atoms with Crippen LogP contribution >= 0.6 is 0 Å². The summed E-state index contributed by atoms with van der Waals surface area (Å²) in [5, 5.41) is 0. The molecule has 3 heteroatoms. The topological polar surface area (TPSA) is 34.1 Å². The number of hydrogen-bond acceptors (Lipinski definition) is 2. The van der Waals surface area contributed by atoms with E-state index in [1.165, 1.54) is 0 Å². The van der Waals surface area contributed by atoms with E-state index in [0.717, 1.165) is 24.0 Å². The molecule has 2 aromatic rings. The van der Waals surface area contributed by atoms with Gasteiger partial charge in [-0.15, -0.1) is 0 Å². The van der Waals surface area contributed by atoms with Crippen LogP contribution in [-0.2, 0) is 22.7 Å². The van der Waals surface area contributed by atoms with E-state index in [2.05, 4.69) is 0 Å². The van der Waals surface area contributed by atoms with Crippen LogP contribution < -0.4 is 0 Å². The van der Waals surface area contributed by atoms with E-state index < -0.39 is 14.6 Å². The molecule has 3 rings (SSSR count). The Balaban J connectivity index is 1.96. The normalized spacial score (nSPS) is 19.4. The fourth-order valence-corrected chi connectivity index (χ4v) is 5.54. The van der Waals surface area contributed by atoms with Gasteiger partial charge in [0.2, 0.25) is 0 Å². The predicted octanol–water partition coefficient (Wildman–Crippen LogP) is 3.42. The van der Waals surface area contributed by atoms with Crippen molar-refractivity contribution >= 4 is 9.84 Å². The Kier molecular flexibility index (Phi) is 3.85. The zero-order valence-corrected chi connectivity index (χ0v) is 12.9. The number of rotatable bonds is 4. The van der Waals surface area contributed by atoms with E-state index >= 15 is 0 Å². The van der Waals surface area contributed by atoms with Gasteiger partial charge < -0.3 is 0 Å². The Morgan fingerprint density at radius 2 is 1.29 bits per heavy atom. The fourth-order valence-electron chi connectivity index (χ4n) is 3.35. The van der Waals surface area contributed by atoms with E-state index in [-0.39, 0.29) is 0 Å². The molecule has 0 aromatic heterocycles. The molecule has 0 bridgehead atoms. The summed E-state index contributed by atoms with van der Waals surface area (Å²) in [4.78, 5) is 0. The van der Waals surface area contributed by atoms with Crippen LogP contribution in [0.5, 0.6) is 0 Å². The smallest absolute Gasteiger partial charge is 0.156 e. The van der Waals surface area contributed by atoms with Crippen LogP contribution in [0.1, 0.15) is 24.0 Å². The van der Waals surface area contributed by atoms with E-state index in [9.17, 15) is 8.42 Å². The molecule has 2 aromatic carbocycles. The van der Waals surface area contributed by atoms with Gasteiger partial charge >= 0.3 is 0 Å². The first-order valence-corrected chi connectivity index (χ1v) is 9.07. The van der Waals surface area contributed by atoms with E-state index in [0.29, 0.717) is 18.6 Å². The Labute approximate surface area is 126 Å². The van der Waals surface area contributed by atoms with E-state index in [4.69, 9.17) is 0 Å². The lowest BCUT2D eigenvalue weighted by Gasteiger charge is -2.28. The van der Waals surface area contributed by atoms with Gasteiger partial charge in [0, 0.05) is 0 Å². The van der Waals surface area contributed by atoms with Gasteiger partial charge in [0.1, 0.15) is 0 Å². The van der Waals surface area contributed by atoms with Crippen LogP contribution in [0.25, 0.3) is 0 Å². The summed E-state index contributed by atoms with van der Waals surface area (Å²) in [7, 11) is -3.05. The third-order valence-electron chi connectivity index (χ3n) is 4.44. The highest BCUT2D eigenvalue weighted by Gasteiger charge is 2.47. The molecule has 0 spiro atoms. The van der Waals surface area contributed by atoms with Gasteiger partial charge in [0.25, 0.3) is 0 Å². The van der Waals surface area contributed by atoms with Crippen molar-refractivity contribution in [2.45, 2.75) is 30.4 Å². The first-order chi connectivity index (χ1) is 10.1. The van der Waals surface area contributed by atoms with Gasteiger partial charge in [-0.1, -0.05) is 60.7 Å². The highest BCUT2D eigenvalue weighted by atomic mass is 32.2. The average Bonchev–Trinajstić information content (AvgIpc) is 2.76. The summed E-state index contributed by atoms with van der Waals surface area (Å²) in [6.07, 6.45) is 2.78. The van der Waals surface area contributed by atoms with Crippen molar-refractivity contribution in [3.05, 3.63) is 71.8 Å². The summed E-state index contributed by atoms with van der Waals surface area (Å²) >= 11 is 0. The molecule has 0 unspecified atom stereocenters. The molecule has 0 N–H and O–H groups in total. The molecule has 1 aliphatic heterocycles. The Bertz CT molecular complexity index is 649. The maximum Gasteiger partial charge on any atom is 0.156 e. The molecule has 0 aliphatic carbocycles. The number of sulfone groups is 1. The molecule has 1 saturated heterocycles. The summed E-state index contributed by atoms with van der Waals surface area (Å²) in [5.41, 5.74) is 2.22. The van der Waals surface area contributed by atoms with Gasteiger partial charge in [-0.3, -0.25) is 0 Å². The molecule has 0 radical (unpaired) electrons. The van der Waals surface area contributed by atoms with E-state index in [1.54, 1.807) is 0 Å². The van der Waals surface area contributed by atoms with Gasteiger partial charge in [0.15, 0.2) is 9.84 Å². The van der Waals surface area contributed by atoms with Gasteiger partial charge in [0.05, 0.1) is 10.5 Å². The first-order valence-electron chi connectivity index (χ1n) is 7.42. The highest BCUT2D eigenvalue weighted by Crippen LogP contribution is 2.38. The lowest BCUT2D eigenvalue weighted by molar-refractivity contribution is 0.500. The lowest BCUT2D eigenvalue weighted by atomic mass is 9.88. The number of benzene rings is 2. The van der Waals surface area contributed by atoms with Crippen molar-refractivity contribution in [3.63, 3.8) is 0 Å². The minimum atomic E-state index is -3.05. The molecule has 110 valence electrons. The summed E-state index contributed by atoms with van der Waals surface area (Å²) in [6.45, 7) is 0. The molecule has 1 heterocycles. The third-order valence-corrected chi connectivity index (χ3v) is 7.08. The standard InChI is InChI=1S/C18H20O2S/c19-21(20)13-7-12-18(21,14-16-8-3-1-4-9-16)15-17-10-5-2-6-11-17/h1-6,8-11H,7,12-15H2. The van der Waals surface area contributed by atoms with Crippen LogP contribution in [0.3, 0.4) is 0 Å². The predicted molar refractivity (Wildman–Crippen MR) is 86.0 cm³/mol. The maximum absolute atomic E-state index is 12.7. The summed E-state index contributed by atoms with van der Waals surface area (Å²) < 4.78 is 24.8. The third kappa shape index (κ3) is 2.88. The average molecular weight is 300 g/mol. The monoisotopic (exact) mass is 300 g/mol. The number of hydrogen-bond donors (Lipinski definition) is 0. The zero-order valence-electron chi connectivity index (χ0n) is 12.0. The quantitative estimate of drug-likeness (QED) is 0.867. The van der Waals surface area contributed by atoms with Crippen molar-refractivity contribution in [2.75, 3.05) is 5.75 Å². The Morgan fingerprint density at radius 1 is 0.810 bits per heavy atom. The molecule has 0 saturated carbocycles.